The fourth-order valence-electron chi connectivity index (χ4n) is 1.09. The van der Waals surface area contributed by atoms with Gasteiger partial charge in [0.1, 0.15) is 5.75 Å². The van der Waals surface area contributed by atoms with E-state index in [4.69, 9.17) is 10.5 Å². The summed E-state index contributed by atoms with van der Waals surface area (Å²) in [6.45, 7) is 0.515. The molecule has 0 saturated carbocycles. The molecule has 0 spiro atoms. The Labute approximate surface area is 96.9 Å². The molecule has 1 aromatic rings. The fraction of sp³-hybridized carbons (Fsp3) is 0.300. The zero-order valence-electron chi connectivity index (χ0n) is 8.42. The number of carbonyl (C=O) groups is 1. The Balaban J connectivity index is 2.62. The number of nitrogens with one attached hydrogen (secondary N) is 1. The molecule has 0 heterocycles. The number of hydrogen-bond acceptors (Lipinski definition) is 3. The first-order valence-electron chi connectivity index (χ1n) is 4.49. The molecule has 1 aromatic carbocycles. The minimum absolute atomic E-state index is 0.309. The third-order valence-electron chi connectivity index (χ3n) is 1.86. The van der Waals surface area contributed by atoms with Crippen LogP contribution in [-0.4, -0.2) is 19.6 Å². The van der Waals surface area contributed by atoms with Gasteiger partial charge in [-0.15, -0.1) is 0 Å². The van der Waals surface area contributed by atoms with Crippen molar-refractivity contribution in [1.82, 2.24) is 0 Å². The number of anilines is 1. The number of benzene rings is 1. The van der Waals surface area contributed by atoms with E-state index in [1.54, 1.807) is 7.11 Å². The standard InChI is InChI=1S/C10H13BrN2O2/c1-15-7-2-3-8(11)9(6-7)13-5-4-10(12)14/h2-3,6,13H,4-5H2,1H3,(H2,12,14). The van der Waals surface area contributed by atoms with E-state index in [-0.39, 0.29) is 5.91 Å². The van der Waals surface area contributed by atoms with Gasteiger partial charge in [0.15, 0.2) is 0 Å². The molecule has 0 aromatic heterocycles. The van der Waals surface area contributed by atoms with Crippen molar-refractivity contribution in [2.45, 2.75) is 6.42 Å². The maximum atomic E-state index is 10.5. The number of nitrogens with two attached hydrogens (primary N) is 1. The summed E-state index contributed by atoms with van der Waals surface area (Å²) in [7, 11) is 1.61. The second-order valence-electron chi connectivity index (χ2n) is 2.99. The smallest absolute Gasteiger partial charge is 0.219 e. The van der Waals surface area contributed by atoms with Gasteiger partial charge in [-0.05, 0) is 28.1 Å². The van der Waals surface area contributed by atoms with Crippen molar-refractivity contribution in [3.05, 3.63) is 22.7 Å². The van der Waals surface area contributed by atoms with E-state index in [0.717, 1.165) is 15.9 Å². The quantitative estimate of drug-likeness (QED) is 0.859. The topological polar surface area (TPSA) is 64.3 Å². The molecule has 0 aliphatic carbocycles. The highest BCUT2D eigenvalue weighted by molar-refractivity contribution is 9.10. The van der Waals surface area contributed by atoms with Crippen molar-refractivity contribution in [1.29, 1.82) is 0 Å². The van der Waals surface area contributed by atoms with Crippen LogP contribution >= 0.6 is 15.9 Å². The summed E-state index contributed by atoms with van der Waals surface area (Å²) in [4.78, 5) is 10.5. The molecule has 5 heteroatoms. The zero-order chi connectivity index (χ0) is 11.3. The van der Waals surface area contributed by atoms with Crippen LogP contribution in [0.3, 0.4) is 0 Å². The van der Waals surface area contributed by atoms with Crippen molar-refractivity contribution in [2.75, 3.05) is 19.0 Å². The Morgan fingerprint density at radius 1 is 1.60 bits per heavy atom. The van der Waals surface area contributed by atoms with Gasteiger partial charge in [-0.2, -0.15) is 0 Å². The van der Waals surface area contributed by atoms with Crippen LogP contribution in [-0.2, 0) is 4.79 Å². The van der Waals surface area contributed by atoms with E-state index in [9.17, 15) is 4.79 Å². The molecule has 0 fully saturated rings. The lowest BCUT2D eigenvalue weighted by Crippen LogP contribution is -2.15. The lowest BCUT2D eigenvalue weighted by molar-refractivity contribution is -0.117. The molecule has 0 atom stereocenters. The van der Waals surface area contributed by atoms with Gasteiger partial charge < -0.3 is 15.8 Å². The minimum Gasteiger partial charge on any atom is -0.497 e. The number of primary amides is 1. The summed E-state index contributed by atoms with van der Waals surface area (Å²) in [5.74, 6) is 0.446. The summed E-state index contributed by atoms with van der Waals surface area (Å²) in [5.41, 5.74) is 5.92. The molecule has 0 unspecified atom stereocenters. The molecular weight excluding hydrogens is 260 g/mol. The first kappa shape index (κ1) is 11.8. The molecule has 0 bridgehead atoms. The molecule has 15 heavy (non-hydrogen) atoms. The molecule has 1 rings (SSSR count). The molecule has 3 N–H and O–H groups in total. The van der Waals surface area contributed by atoms with Gasteiger partial charge in [0.2, 0.25) is 5.91 Å². The first-order chi connectivity index (χ1) is 7.13. The lowest BCUT2D eigenvalue weighted by Gasteiger charge is -2.09. The number of amides is 1. The van der Waals surface area contributed by atoms with Crippen molar-refractivity contribution < 1.29 is 9.53 Å². The van der Waals surface area contributed by atoms with Crippen LogP contribution < -0.4 is 15.8 Å². The van der Waals surface area contributed by atoms with Crippen molar-refractivity contribution in [3.63, 3.8) is 0 Å². The Morgan fingerprint density at radius 2 is 2.33 bits per heavy atom. The van der Waals surface area contributed by atoms with Gasteiger partial charge in [0, 0.05) is 23.5 Å². The largest absolute Gasteiger partial charge is 0.497 e. The molecule has 0 saturated heterocycles. The van der Waals surface area contributed by atoms with E-state index in [0.29, 0.717) is 13.0 Å². The Bertz CT molecular complexity index is 355. The Kier molecular flexibility index (Phi) is 4.42. The van der Waals surface area contributed by atoms with Crippen LogP contribution in [0.5, 0.6) is 5.75 Å². The predicted octanol–water partition coefficient (Wildman–Crippen LogP) is 1.74. The lowest BCUT2D eigenvalue weighted by atomic mass is 10.3. The maximum Gasteiger partial charge on any atom is 0.219 e. The highest BCUT2D eigenvalue weighted by atomic mass is 79.9. The van der Waals surface area contributed by atoms with Gasteiger partial charge in [0.25, 0.3) is 0 Å². The Hall–Kier alpha value is -1.23. The van der Waals surface area contributed by atoms with E-state index in [1.807, 2.05) is 18.2 Å². The van der Waals surface area contributed by atoms with Crippen LogP contribution in [0.1, 0.15) is 6.42 Å². The number of rotatable bonds is 5. The number of carbonyl (C=O) groups excluding carboxylic acids is 1. The normalized spacial score (nSPS) is 9.73. The summed E-state index contributed by atoms with van der Waals surface area (Å²) in [6.07, 6.45) is 0.309. The third kappa shape index (κ3) is 3.79. The van der Waals surface area contributed by atoms with Gasteiger partial charge in [-0.25, -0.2) is 0 Å². The number of halogens is 1. The minimum atomic E-state index is -0.318. The number of methoxy groups -OCH3 is 1. The van der Waals surface area contributed by atoms with Gasteiger partial charge in [-0.3, -0.25) is 4.79 Å². The van der Waals surface area contributed by atoms with E-state index >= 15 is 0 Å². The van der Waals surface area contributed by atoms with Crippen LogP contribution in [0.4, 0.5) is 5.69 Å². The molecule has 0 aliphatic rings. The van der Waals surface area contributed by atoms with E-state index in [2.05, 4.69) is 21.2 Å². The second kappa shape index (κ2) is 5.60. The van der Waals surface area contributed by atoms with Crippen LogP contribution in [0.15, 0.2) is 22.7 Å². The van der Waals surface area contributed by atoms with E-state index in [1.165, 1.54) is 0 Å². The predicted molar refractivity (Wildman–Crippen MR) is 63.0 cm³/mol. The summed E-state index contributed by atoms with van der Waals surface area (Å²) in [6, 6.07) is 5.58. The maximum absolute atomic E-state index is 10.5. The number of hydrogen-bond donors (Lipinski definition) is 2. The van der Waals surface area contributed by atoms with Crippen LogP contribution in [0.25, 0.3) is 0 Å². The fourth-order valence-corrected chi connectivity index (χ4v) is 1.47. The highest BCUT2D eigenvalue weighted by Crippen LogP contribution is 2.26. The van der Waals surface area contributed by atoms with Crippen molar-refractivity contribution in [3.8, 4) is 5.75 Å². The molecule has 1 amide bonds. The number of ether oxygens (including phenoxy) is 1. The van der Waals surface area contributed by atoms with Gasteiger partial charge in [0.05, 0.1) is 12.8 Å². The summed E-state index contributed by atoms with van der Waals surface area (Å²) < 4.78 is 6.01. The monoisotopic (exact) mass is 272 g/mol. The molecule has 0 aliphatic heterocycles. The van der Waals surface area contributed by atoms with E-state index < -0.39 is 0 Å². The molecule has 82 valence electrons. The SMILES string of the molecule is COc1ccc(Br)c(NCCC(N)=O)c1. The summed E-state index contributed by atoms with van der Waals surface area (Å²) in [5, 5.41) is 3.09. The highest BCUT2D eigenvalue weighted by Gasteiger charge is 2.02. The van der Waals surface area contributed by atoms with Gasteiger partial charge >= 0.3 is 0 Å². The second-order valence-corrected chi connectivity index (χ2v) is 3.84. The Morgan fingerprint density at radius 3 is 2.93 bits per heavy atom. The zero-order valence-corrected chi connectivity index (χ0v) is 10.0. The first-order valence-corrected chi connectivity index (χ1v) is 5.28. The van der Waals surface area contributed by atoms with Crippen molar-refractivity contribution >= 4 is 27.5 Å². The summed E-state index contributed by atoms with van der Waals surface area (Å²) >= 11 is 3.39. The van der Waals surface area contributed by atoms with Gasteiger partial charge in [-0.1, -0.05) is 0 Å². The third-order valence-corrected chi connectivity index (χ3v) is 2.55. The molecular formula is C10H13BrN2O2. The van der Waals surface area contributed by atoms with Crippen LogP contribution in [0.2, 0.25) is 0 Å². The molecule has 0 radical (unpaired) electrons. The average molecular weight is 273 g/mol. The average Bonchev–Trinajstić information content (AvgIpc) is 2.20. The molecule has 4 nitrogen and oxygen atoms in total. The van der Waals surface area contributed by atoms with Crippen LogP contribution in [0, 0.1) is 0 Å². The van der Waals surface area contributed by atoms with Crippen molar-refractivity contribution in [2.24, 2.45) is 5.73 Å².